The molecule has 170 valence electrons. The molecule has 1 aliphatic rings. The second kappa shape index (κ2) is 9.31. The van der Waals surface area contributed by atoms with Crippen molar-refractivity contribution in [3.05, 3.63) is 116 Å². The Hall–Kier alpha value is -2.64. The van der Waals surface area contributed by atoms with Gasteiger partial charge in [-0.3, -0.25) is 0 Å². The molecule has 3 aromatic rings. The fourth-order valence-corrected chi connectivity index (χ4v) is 8.50. The van der Waals surface area contributed by atoms with E-state index in [-0.39, 0.29) is 0 Å². The molecule has 0 fully saturated rings. The van der Waals surface area contributed by atoms with Crippen LogP contribution in [0.2, 0.25) is 0 Å². The van der Waals surface area contributed by atoms with Crippen LogP contribution in [0.5, 0.6) is 0 Å². The van der Waals surface area contributed by atoms with Crippen molar-refractivity contribution in [1.29, 1.82) is 0 Å². The topological polar surface area (TPSA) is 0 Å². The van der Waals surface area contributed by atoms with Crippen LogP contribution in [0.1, 0.15) is 65.3 Å². The SMILES string of the molecule is CC1=C(C)C(C([SiH2]c2cc(C)c(C)c(C)c2)c2cc(C)cc(C)c2)C(c2ccccc2)=C1C. The summed E-state index contributed by atoms with van der Waals surface area (Å²) in [5.74, 6) is 0.446. The molecule has 0 aliphatic heterocycles. The molecule has 0 saturated carbocycles. The van der Waals surface area contributed by atoms with Crippen LogP contribution in [-0.2, 0) is 0 Å². The van der Waals surface area contributed by atoms with Crippen molar-refractivity contribution in [3.63, 3.8) is 0 Å². The van der Waals surface area contributed by atoms with Gasteiger partial charge in [0.05, 0.1) is 9.52 Å². The van der Waals surface area contributed by atoms with E-state index in [9.17, 15) is 0 Å². The van der Waals surface area contributed by atoms with Gasteiger partial charge < -0.3 is 0 Å². The highest BCUT2D eigenvalue weighted by Crippen LogP contribution is 2.49. The van der Waals surface area contributed by atoms with Crippen molar-refractivity contribution < 1.29 is 0 Å². The molecule has 1 aliphatic carbocycles. The number of hydrogen-bond donors (Lipinski definition) is 0. The Bertz CT molecular complexity index is 1210. The van der Waals surface area contributed by atoms with Gasteiger partial charge in [0, 0.05) is 5.92 Å². The first kappa shape index (κ1) is 23.5. The van der Waals surface area contributed by atoms with Gasteiger partial charge in [-0.25, -0.2) is 0 Å². The van der Waals surface area contributed by atoms with E-state index >= 15 is 0 Å². The quantitative estimate of drug-likeness (QED) is 0.360. The molecule has 0 radical (unpaired) electrons. The zero-order valence-corrected chi connectivity index (χ0v) is 23.0. The van der Waals surface area contributed by atoms with E-state index in [0.29, 0.717) is 11.5 Å². The normalized spacial score (nSPS) is 17.5. The lowest BCUT2D eigenvalue weighted by Crippen LogP contribution is -2.29. The standard InChI is InChI=1S/C32H38Si/c1-19-14-20(2)16-28(15-19)32(33-29-17-21(3)23(5)22(4)18-29)31-26(8)24(6)25(7)30(31)27-12-10-9-11-13-27/h9-18,31-32H,33H2,1-8H3. The number of hydrogen-bond acceptors (Lipinski definition) is 0. The summed E-state index contributed by atoms with van der Waals surface area (Å²) in [6, 6.07) is 23.3. The van der Waals surface area contributed by atoms with Gasteiger partial charge in [0.25, 0.3) is 0 Å². The fraction of sp³-hybridized carbons (Fsp3) is 0.312. The van der Waals surface area contributed by atoms with Gasteiger partial charge >= 0.3 is 0 Å². The summed E-state index contributed by atoms with van der Waals surface area (Å²) in [6.45, 7) is 18.3. The third-order valence-electron chi connectivity index (χ3n) is 7.94. The van der Waals surface area contributed by atoms with E-state index < -0.39 is 9.52 Å². The lowest BCUT2D eigenvalue weighted by molar-refractivity contribution is 0.743. The summed E-state index contributed by atoms with van der Waals surface area (Å²) in [4.78, 5) is 0. The molecule has 0 aromatic heterocycles. The molecule has 0 bridgehead atoms. The Morgan fingerprint density at radius 1 is 0.667 bits per heavy atom. The van der Waals surface area contributed by atoms with E-state index in [1.54, 1.807) is 16.3 Å². The average Bonchev–Trinajstić information content (AvgIpc) is 2.99. The molecule has 2 unspecified atom stereocenters. The minimum absolute atomic E-state index is 0.446. The average molecular weight is 451 g/mol. The Balaban J connectivity index is 1.90. The van der Waals surface area contributed by atoms with Crippen LogP contribution in [0.3, 0.4) is 0 Å². The maximum atomic E-state index is 2.48. The third-order valence-corrected chi connectivity index (χ3v) is 10.2. The van der Waals surface area contributed by atoms with Crippen LogP contribution in [-0.4, -0.2) is 9.52 Å². The highest BCUT2D eigenvalue weighted by Gasteiger charge is 2.35. The van der Waals surface area contributed by atoms with Crippen molar-refractivity contribution in [2.75, 3.05) is 0 Å². The van der Waals surface area contributed by atoms with E-state index in [1.807, 2.05) is 0 Å². The van der Waals surface area contributed by atoms with E-state index in [2.05, 4.69) is 116 Å². The molecule has 3 aromatic carbocycles. The molecule has 4 rings (SSSR count). The Morgan fingerprint density at radius 3 is 1.82 bits per heavy atom. The fourth-order valence-electron chi connectivity index (χ4n) is 5.85. The molecule has 0 amide bonds. The summed E-state index contributed by atoms with van der Waals surface area (Å²) < 4.78 is 0. The molecule has 0 heterocycles. The van der Waals surface area contributed by atoms with Crippen molar-refractivity contribution in [3.8, 4) is 0 Å². The van der Waals surface area contributed by atoms with Crippen molar-refractivity contribution >= 4 is 20.3 Å². The van der Waals surface area contributed by atoms with Gasteiger partial charge in [-0.2, -0.15) is 0 Å². The number of benzene rings is 3. The highest BCUT2D eigenvalue weighted by molar-refractivity contribution is 6.55. The largest absolute Gasteiger partial charge is 0.0657 e. The molecule has 2 atom stereocenters. The van der Waals surface area contributed by atoms with Gasteiger partial charge in [0.2, 0.25) is 0 Å². The summed E-state index contributed by atoms with van der Waals surface area (Å²) in [5, 5.41) is 1.59. The van der Waals surface area contributed by atoms with Gasteiger partial charge in [0.15, 0.2) is 0 Å². The predicted octanol–water partition coefficient (Wildman–Crippen LogP) is 7.20. The number of allylic oxidation sites excluding steroid dienone is 4. The minimum Gasteiger partial charge on any atom is -0.0657 e. The van der Waals surface area contributed by atoms with Crippen LogP contribution >= 0.6 is 0 Å². The Kier molecular flexibility index (Phi) is 6.63. The lowest BCUT2D eigenvalue weighted by Gasteiger charge is -2.30. The van der Waals surface area contributed by atoms with Gasteiger partial charge in [-0.15, -0.1) is 0 Å². The van der Waals surface area contributed by atoms with Crippen LogP contribution in [0.4, 0.5) is 0 Å². The Morgan fingerprint density at radius 2 is 1.24 bits per heavy atom. The van der Waals surface area contributed by atoms with Crippen molar-refractivity contribution in [1.82, 2.24) is 0 Å². The monoisotopic (exact) mass is 450 g/mol. The van der Waals surface area contributed by atoms with Crippen molar-refractivity contribution in [2.24, 2.45) is 5.92 Å². The second-order valence-corrected chi connectivity index (χ2v) is 12.4. The van der Waals surface area contributed by atoms with Crippen LogP contribution in [0, 0.1) is 40.5 Å². The minimum atomic E-state index is -0.598. The molecular weight excluding hydrogens is 412 g/mol. The van der Waals surface area contributed by atoms with Gasteiger partial charge in [-0.05, 0) is 105 Å². The van der Waals surface area contributed by atoms with Crippen molar-refractivity contribution in [2.45, 2.75) is 60.9 Å². The van der Waals surface area contributed by atoms with E-state index in [4.69, 9.17) is 0 Å². The summed E-state index contributed by atoms with van der Waals surface area (Å²) in [6.07, 6.45) is 0. The smallest absolute Gasteiger partial charge is 0.0636 e. The summed E-state index contributed by atoms with van der Waals surface area (Å²) in [5.41, 5.74) is 16.6. The van der Waals surface area contributed by atoms with Crippen LogP contribution < -0.4 is 5.19 Å². The summed E-state index contributed by atoms with van der Waals surface area (Å²) in [7, 11) is -0.598. The van der Waals surface area contributed by atoms with E-state index in [1.165, 1.54) is 50.1 Å². The first-order chi connectivity index (χ1) is 15.7. The predicted molar refractivity (Wildman–Crippen MR) is 148 cm³/mol. The molecule has 0 saturated heterocycles. The Labute approximate surface area is 203 Å². The first-order valence-electron chi connectivity index (χ1n) is 12.3. The first-order valence-corrected chi connectivity index (χ1v) is 13.8. The van der Waals surface area contributed by atoms with Crippen LogP contribution in [0.15, 0.2) is 77.4 Å². The molecular formula is C32H38Si. The number of rotatable bonds is 5. The molecule has 0 N–H and O–H groups in total. The molecule has 0 spiro atoms. The van der Waals surface area contributed by atoms with E-state index in [0.717, 1.165) is 0 Å². The molecule has 0 nitrogen and oxygen atoms in total. The third kappa shape index (κ3) is 4.57. The molecule has 1 heteroatoms. The lowest BCUT2D eigenvalue weighted by atomic mass is 9.84. The zero-order valence-electron chi connectivity index (χ0n) is 21.6. The van der Waals surface area contributed by atoms with Crippen LogP contribution in [0.25, 0.3) is 5.57 Å². The van der Waals surface area contributed by atoms with Gasteiger partial charge in [0.1, 0.15) is 0 Å². The summed E-state index contributed by atoms with van der Waals surface area (Å²) >= 11 is 0. The second-order valence-electron chi connectivity index (χ2n) is 10.3. The highest BCUT2D eigenvalue weighted by atomic mass is 28.2. The maximum absolute atomic E-state index is 2.48. The van der Waals surface area contributed by atoms with Gasteiger partial charge in [-0.1, -0.05) is 82.6 Å². The zero-order chi connectivity index (χ0) is 23.9. The maximum Gasteiger partial charge on any atom is 0.0636 e. The number of aryl methyl sites for hydroxylation is 4. The molecule has 33 heavy (non-hydrogen) atoms.